The maximum absolute atomic E-state index is 11.9. The summed E-state index contributed by atoms with van der Waals surface area (Å²) in [4.78, 5) is 0.667. The lowest BCUT2D eigenvalue weighted by atomic mass is 9.93. The first kappa shape index (κ1) is 22.3. The summed E-state index contributed by atoms with van der Waals surface area (Å²) in [5.74, 6) is 0. The summed E-state index contributed by atoms with van der Waals surface area (Å²) in [6.07, 6.45) is 1.04. The summed E-state index contributed by atoms with van der Waals surface area (Å²) in [6, 6.07) is 7.45. The number of aryl methyl sites for hydroxylation is 1. The van der Waals surface area contributed by atoms with Crippen molar-refractivity contribution in [3.8, 4) is 0 Å². The second kappa shape index (κ2) is 12.5. The molecule has 0 aliphatic rings. The van der Waals surface area contributed by atoms with E-state index in [-0.39, 0.29) is 6.61 Å². The van der Waals surface area contributed by atoms with Gasteiger partial charge in [-0.05, 0) is 30.9 Å². The molecule has 0 amide bonds. The van der Waals surface area contributed by atoms with Crippen LogP contribution in [0.5, 0.6) is 0 Å². The van der Waals surface area contributed by atoms with E-state index in [0.717, 1.165) is 18.6 Å². The summed E-state index contributed by atoms with van der Waals surface area (Å²) >= 11 is -1.44. The highest BCUT2D eigenvalue weighted by Crippen LogP contribution is 2.17. The molecule has 0 heterocycles. The standard InChI is InChI=1S/C19H32O5S/c1-17-5-7-18(8-6-17)25(20)24-16-15-23-14-13-22-12-11-21-10-9-19(2,3)4/h5-8H,9-16H2,1-4H3. The SMILES string of the molecule is Cc1ccc(S(=O)OCCOCCOCCOCCC(C)(C)C)cc1. The Labute approximate surface area is 154 Å². The van der Waals surface area contributed by atoms with Gasteiger partial charge in [-0.25, -0.2) is 4.21 Å². The molecule has 25 heavy (non-hydrogen) atoms. The van der Waals surface area contributed by atoms with E-state index in [1.807, 2.05) is 31.2 Å². The molecule has 0 radical (unpaired) electrons. The van der Waals surface area contributed by atoms with E-state index in [2.05, 4.69) is 20.8 Å². The van der Waals surface area contributed by atoms with Crippen molar-refractivity contribution in [3.63, 3.8) is 0 Å². The predicted molar refractivity (Wildman–Crippen MR) is 100 cm³/mol. The molecule has 1 unspecified atom stereocenters. The molecule has 0 bridgehead atoms. The molecular weight excluding hydrogens is 340 g/mol. The number of hydrogen-bond donors (Lipinski definition) is 0. The molecule has 1 aromatic rings. The molecule has 1 atom stereocenters. The molecule has 144 valence electrons. The smallest absolute Gasteiger partial charge is 0.189 e. The van der Waals surface area contributed by atoms with Gasteiger partial charge < -0.3 is 14.2 Å². The Kier molecular flexibility index (Phi) is 11.2. The molecule has 0 fully saturated rings. The van der Waals surface area contributed by atoms with Gasteiger partial charge in [0, 0.05) is 6.61 Å². The van der Waals surface area contributed by atoms with E-state index in [9.17, 15) is 4.21 Å². The van der Waals surface area contributed by atoms with Crippen LogP contribution < -0.4 is 0 Å². The highest BCUT2D eigenvalue weighted by molar-refractivity contribution is 7.80. The van der Waals surface area contributed by atoms with E-state index in [1.165, 1.54) is 0 Å². The van der Waals surface area contributed by atoms with Crippen molar-refractivity contribution < 1.29 is 22.6 Å². The van der Waals surface area contributed by atoms with E-state index < -0.39 is 11.1 Å². The van der Waals surface area contributed by atoms with Crippen molar-refractivity contribution in [1.29, 1.82) is 0 Å². The average Bonchev–Trinajstić information content (AvgIpc) is 2.55. The Morgan fingerprint density at radius 1 is 0.800 bits per heavy atom. The Hall–Kier alpha value is -0.790. The quantitative estimate of drug-likeness (QED) is 0.496. The zero-order valence-corrected chi connectivity index (χ0v) is 16.7. The normalized spacial score (nSPS) is 13.1. The molecule has 0 N–H and O–H groups in total. The number of hydrogen-bond acceptors (Lipinski definition) is 5. The van der Waals surface area contributed by atoms with Gasteiger partial charge in [-0.1, -0.05) is 38.5 Å². The Bertz CT molecular complexity index is 482. The van der Waals surface area contributed by atoms with Gasteiger partial charge in [-0.2, -0.15) is 0 Å². The van der Waals surface area contributed by atoms with Gasteiger partial charge in [-0.15, -0.1) is 0 Å². The number of benzene rings is 1. The molecule has 0 spiro atoms. The van der Waals surface area contributed by atoms with Crippen LogP contribution in [0, 0.1) is 12.3 Å². The van der Waals surface area contributed by atoms with Crippen LogP contribution in [0.1, 0.15) is 32.8 Å². The van der Waals surface area contributed by atoms with E-state index in [0.29, 0.717) is 43.3 Å². The van der Waals surface area contributed by atoms with Crippen LogP contribution in [0.2, 0.25) is 0 Å². The summed E-state index contributed by atoms with van der Waals surface area (Å²) in [6.45, 7) is 12.2. The summed E-state index contributed by atoms with van der Waals surface area (Å²) in [5, 5.41) is 0. The van der Waals surface area contributed by atoms with E-state index in [1.54, 1.807) is 0 Å². The maximum Gasteiger partial charge on any atom is 0.189 e. The predicted octanol–water partition coefficient (Wildman–Crippen LogP) is 3.52. The van der Waals surface area contributed by atoms with Crippen LogP contribution in [-0.4, -0.2) is 50.5 Å². The molecule has 0 aliphatic heterocycles. The van der Waals surface area contributed by atoms with Gasteiger partial charge >= 0.3 is 0 Å². The lowest BCUT2D eigenvalue weighted by molar-refractivity contribution is 0.00645. The van der Waals surface area contributed by atoms with Crippen LogP contribution in [0.3, 0.4) is 0 Å². The second-order valence-electron chi connectivity index (χ2n) is 7.02. The summed E-state index contributed by atoms with van der Waals surface area (Å²) in [7, 11) is 0. The second-order valence-corrected chi connectivity index (χ2v) is 8.19. The van der Waals surface area contributed by atoms with Crippen molar-refractivity contribution in [1.82, 2.24) is 0 Å². The monoisotopic (exact) mass is 372 g/mol. The van der Waals surface area contributed by atoms with E-state index >= 15 is 0 Å². The van der Waals surface area contributed by atoms with Gasteiger partial charge in [0.15, 0.2) is 11.1 Å². The maximum atomic E-state index is 11.9. The first-order chi connectivity index (χ1) is 11.9. The fourth-order valence-corrected chi connectivity index (χ4v) is 2.52. The zero-order chi connectivity index (χ0) is 18.5. The lowest BCUT2D eigenvalue weighted by Gasteiger charge is -2.17. The average molecular weight is 373 g/mol. The first-order valence-electron chi connectivity index (χ1n) is 8.73. The Morgan fingerprint density at radius 2 is 1.28 bits per heavy atom. The molecule has 5 nitrogen and oxygen atoms in total. The van der Waals surface area contributed by atoms with Crippen LogP contribution in [-0.2, 0) is 29.5 Å². The van der Waals surface area contributed by atoms with Crippen LogP contribution in [0.25, 0.3) is 0 Å². The third-order valence-corrected chi connectivity index (χ3v) is 4.41. The Morgan fingerprint density at radius 3 is 1.80 bits per heavy atom. The molecule has 1 aromatic carbocycles. The third-order valence-electron chi connectivity index (χ3n) is 3.37. The fraction of sp³-hybridized carbons (Fsp3) is 0.684. The van der Waals surface area contributed by atoms with Gasteiger partial charge in [-0.3, -0.25) is 4.18 Å². The van der Waals surface area contributed by atoms with Gasteiger partial charge in [0.05, 0.1) is 44.5 Å². The molecule has 0 aliphatic carbocycles. The lowest BCUT2D eigenvalue weighted by Crippen LogP contribution is -2.14. The molecule has 0 saturated heterocycles. The molecule has 1 rings (SSSR count). The number of rotatable bonds is 13. The summed E-state index contributed by atoms with van der Waals surface area (Å²) in [5.41, 5.74) is 1.43. The van der Waals surface area contributed by atoms with Crippen LogP contribution in [0.15, 0.2) is 29.2 Å². The molecule has 6 heteroatoms. The summed E-state index contributed by atoms with van der Waals surface area (Å²) < 4.78 is 33.4. The third kappa shape index (κ3) is 12.2. The number of ether oxygens (including phenoxy) is 3. The van der Waals surface area contributed by atoms with Crippen LogP contribution >= 0.6 is 0 Å². The van der Waals surface area contributed by atoms with Crippen molar-refractivity contribution in [2.45, 2.75) is 39.0 Å². The minimum absolute atomic E-state index is 0.288. The minimum atomic E-state index is -1.44. The van der Waals surface area contributed by atoms with Crippen molar-refractivity contribution in [2.24, 2.45) is 5.41 Å². The largest absolute Gasteiger partial charge is 0.379 e. The molecule has 0 saturated carbocycles. The van der Waals surface area contributed by atoms with Crippen molar-refractivity contribution in [3.05, 3.63) is 29.8 Å². The molecule has 0 aromatic heterocycles. The van der Waals surface area contributed by atoms with Gasteiger partial charge in [0.25, 0.3) is 0 Å². The minimum Gasteiger partial charge on any atom is -0.379 e. The fourth-order valence-electron chi connectivity index (χ4n) is 1.81. The highest BCUT2D eigenvalue weighted by Gasteiger charge is 2.09. The van der Waals surface area contributed by atoms with Crippen molar-refractivity contribution in [2.75, 3.05) is 46.2 Å². The molecular formula is C19H32O5S. The van der Waals surface area contributed by atoms with Crippen LogP contribution in [0.4, 0.5) is 0 Å². The van der Waals surface area contributed by atoms with E-state index in [4.69, 9.17) is 18.4 Å². The van der Waals surface area contributed by atoms with Crippen molar-refractivity contribution >= 4 is 11.1 Å². The van der Waals surface area contributed by atoms with Gasteiger partial charge in [0.2, 0.25) is 0 Å². The van der Waals surface area contributed by atoms with Gasteiger partial charge in [0.1, 0.15) is 0 Å². The Balaban J connectivity index is 1.89. The zero-order valence-electron chi connectivity index (χ0n) is 15.9. The highest BCUT2D eigenvalue weighted by atomic mass is 32.2. The topological polar surface area (TPSA) is 54.0 Å². The first-order valence-corrected chi connectivity index (χ1v) is 9.81.